The molecule has 30 heavy (non-hydrogen) atoms. The Balaban J connectivity index is 1.85. The van der Waals surface area contributed by atoms with Crippen molar-refractivity contribution in [1.29, 1.82) is 0 Å². The van der Waals surface area contributed by atoms with Gasteiger partial charge in [0.15, 0.2) is 5.75 Å². The standard InChI is InChI=1S/C20H20F3N5O2/c1-12-26-10-14-9-15(13-4-7-24-8-5-13)19(29)28(18(14)27-12)11-16-17(3-2-6-25-16)30-20(21,22)23/h2-3,6,9-10,13,24H,4-5,7-8,11H2,1H3. The summed E-state index contributed by atoms with van der Waals surface area (Å²) >= 11 is 0. The van der Waals surface area contributed by atoms with Gasteiger partial charge >= 0.3 is 6.36 Å². The second-order valence-corrected chi connectivity index (χ2v) is 7.21. The molecule has 0 aliphatic carbocycles. The van der Waals surface area contributed by atoms with E-state index in [-0.39, 0.29) is 23.7 Å². The monoisotopic (exact) mass is 419 g/mol. The number of nitrogens with one attached hydrogen (secondary N) is 1. The van der Waals surface area contributed by atoms with Gasteiger partial charge in [-0.25, -0.2) is 9.97 Å². The Bertz CT molecular complexity index is 1120. The molecule has 0 amide bonds. The van der Waals surface area contributed by atoms with Crippen LogP contribution in [0.1, 0.15) is 35.8 Å². The largest absolute Gasteiger partial charge is 0.573 e. The lowest BCUT2D eigenvalue weighted by atomic mass is 9.90. The zero-order valence-electron chi connectivity index (χ0n) is 16.2. The van der Waals surface area contributed by atoms with Gasteiger partial charge in [-0.3, -0.25) is 14.3 Å². The predicted octanol–water partition coefficient (Wildman–Crippen LogP) is 2.91. The van der Waals surface area contributed by atoms with E-state index in [0.717, 1.165) is 25.9 Å². The molecular formula is C20H20F3N5O2. The first-order chi connectivity index (χ1) is 14.3. The molecule has 0 atom stereocenters. The molecule has 3 aromatic heterocycles. The third-order valence-corrected chi connectivity index (χ3v) is 5.14. The number of halogens is 3. The van der Waals surface area contributed by atoms with Gasteiger partial charge in [0.05, 0.1) is 6.54 Å². The van der Waals surface area contributed by atoms with Gasteiger partial charge in [-0.2, -0.15) is 0 Å². The average Bonchev–Trinajstić information content (AvgIpc) is 2.71. The van der Waals surface area contributed by atoms with Crippen LogP contribution >= 0.6 is 0 Å². The molecule has 1 saturated heterocycles. The molecule has 4 heterocycles. The van der Waals surface area contributed by atoms with Crippen molar-refractivity contribution >= 4 is 11.0 Å². The van der Waals surface area contributed by atoms with Crippen molar-refractivity contribution in [2.45, 2.75) is 38.6 Å². The van der Waals surface area contributed by atoms with Crippen LogP contribution < -0.4 is 15.6 Å². The highest BCUT2D eigenvalue weighted by molar-refractivity contribution is 5.75. The van der Waals surface area contributed by atoms with Crippen molar-refractivity contribution < 1.29 is 17.9 Å². The number of hydrogen-bond acceptors (Lipinski definition) is 6. The molecule has 0 spiro atoms. The molecule has 1 N–H and O–H groups in total. The third kappa shape index (κ3) is 4.28. The SMILES string of the molecule is Cc1ncc2cc(C3CCNCC3)c(=O)n(Cc3ncccc3OC(F)(F)F)c2n1. The summed E-state index contributed by atoms with van der Waals surface area (Å²) in [4.78, 5) is 26.0. The Morgan fingerprint density at radius 1 is 1.27 bits per heavy atom. The van der Waals surface area contributed by atoms with Crippen LogP contribution in [0.2, 0.25) is 0 Å². The fourth-order valence-corrected chi connectivity index (χ4v) is 3.75. The summed E-state index contributed by atoms with van der Waals surface area (Å²) in [6, 6.07) is 4.33. The number of aromatic nitrogens is 4. The van der Waals surface area contributed by atoms with E-state index in [0.29, 0.717) is 22.4 Å². The van der Waals surface area contributed by atoms with Crippen LogP contribution in [0.4, 0.5) is 13.2 Å². The highest BCUT2D eigenvalue weighted by Crippen LogP contribution is 2.28. The topological polar surface area (TPSA) is 81.9 Å². The van der Waals surface area contributed by atoms with Crippen molar-refractivity contribution in [3.8, 4) is 5.75 Å². The van der Waals surface area contributed by atoms with E-state index in [1.807, 2.05) is 0 Å². The Labute approximate surface area is 169 Å². The van der Waals surface area contributed by atoms with E-state index in [1.165, 1.54) is 22.9 Å². The van der Waals surface area contributed by atoms with E-state index in [2.05, 4.69) is 25.0 Å². The summed E-state index contributed by atoms with van der Waals surface area (Å²) < 4.78 is 43.9. The number of rotatable bonds is 4. The lowest BCUT2D eigenvalue weighted by Crippen LogP contribution is -2.32. The fraction of sp³-hybridized carbons (Fsp3) is 0.400. The van der Waals surface area contributed by atoms with E-state index < -0.39 is 12.1 Å². The normalized spacial score (nSPS) is 15.5. The van der Waals surface area contributed by atoms with Crippen molar-refractivity contribution in [2.75, 3.05) is 13.1 Å². The molecule has 158 valence electrons. The minimum atomic E-state index is -4.86. The predicted molar refractivity (Wildman–Crippen MR) is 103 cm³/mol. The summed E-state index contributed by atoms with van der Waals surface area (Å²) in [6.45, 7) is 3.09. The fourth-order valence-electron chi connectivity index (χ4n) is 3.75. The maximum absolute atomic E-state index is 13.4. The zero-order valence-corrected chi connectivity index (χ0v) is 16.2. The number of piperidine rings is 1. The van der Waals surface area contributed by atoms with Gasteiger partial charge in [-0.05, 0) is 57.0 Å². The minimum absolute atomic E-state index is 0.00282. The maximum Gasteiger partial charge on any atom is 0.573 e. The van der Waals surface area contributed by atoms with Crippen LogP contribution in [-0.2, 0) is 6.54 Å². The van der Waals surface area contributed by atoms with E-state index in [9.17, 15) is 18.0 Å². The average molecular weight is 419 g/mol. The smallest absolute Gasteiger partial charge is 0.404 e. The summed E-state index contributed by atoms with van der Waals surface area (Å²) in [5.41, 5.74) is 0.688. The second kappa shape index (κ2) is 8.02. The van der Waals surface area contributed by atoms with Gasteiger partial charge < -0.3 is 10.1 Å². The van der Waals surface area contributed by atoms with Crippen molar-refractivity contribution in [1.82, 2.24) is 24.8 Å². The van der Waals surface area contributed by atoms with Crippen LogP contribution in [0.25, 0.3) is 11.0 Å². The number of nitrogens with zero attached hydrogens (tertiary/aromatic N) is 4. The molecule has 1 aliphatic rings. The zero-order chi connectivity index (χ0) is 21.3. The molecule has 1 fully saturated rings. The first-order valence-corrected chi connectivity index (χ1v) is 9.59. The maximum atomic E-state index is 13.4. The van der Waals surface area contributed by atoms with E-state index in [1.54, 1.807) is 19.2 Å². The Morgan fingerprint density at radius 3 is 2.77 bits per heavy atom. The first kappa shape index (κ1) is 20.3. The molecule has 0 bridgehead atoms. The molecule has 1 aliphatic heterocycles. The first-order valence-electron chi connectivity index (χ1n) is 9.59. The molecule has 7 nitrogen and oxygen atoms in total. The molecule has 0 unspecified atom stereocenters. The number of pyridine rings is 2. The second-order valence-electron chi connectivity index (χ2n) is 7.21. The van der Waals surface area contributed by atoms with Gasteiger partial charge in [0, 0.05) is 23.3 Å². The summed E-state index contributed by atoms with van der Waals surface area (Å²) in [5, 5.41) is 3.92. The summed E-state index contributed by atoms with van der Waals surface area (Å²) in [7, 11) is 0. The Morgan fingerprint density at radius 2 is 2.03 bits per heavy atom. The Kier molecular flexibility index (Phi) is 5.42. The van der Waals surface area contributed by atoms with Gasteiger partial charge in [0.1, 0.15) is 17.2 Å². The number of aryl methyl sites for hydroxylation is 1. The van der Waals surface area contributed by atoms with Gasteiger partial charge in [-0.15, -0.1) is 13.2 Å². The van der Waals surface area contributed by atoms with Crippen molar-refractivity contribution in [3.05, 3.63) is 58.0 Å². The van der Waals surface area contributed by atoms with Crippen molar-refractivity contribution in [2.24, 2.45) is 0 Å². The highest BCUT2D eigenvalue weighted by atomic mass is 19.4. The third-order valence-electron chi connectivity index (χ3n) is 5.14. The molecule has 10 heteroatoms. The van der Waals surface area contributed by atoms with Crippen LogP contribution in [0.15, 0.2) is 35.4 Å². The quantitative estimate of drug-likeness (QED) is 0.700. The number of ether oxygens (including phenoxy) is 1. The van der Waals surface area contributed by atoms with E-state index in [4.69, 9.17) is 0 Å². The molecule has 0 aromatic carbocycles. The van der Waals surface area contributed by atoms with Gasteiger partial charge in [0.2, 0.25) is 0 Å². The molecule has 3 aromatic rings. The highest BCUT2D eigenvalue weighted by Gasteiger charge is 2.32. The number of alkyl halides is 3. The van der Waals surface area contributed by atoms with Crippen LogP contribution in [0.3, 0.4) is 0 Å². The van der Waals surface area contributed by atoms with E-state index >= 15 is 0 Å². The Hall–Kier alpha value is -3.01. The summed E-state index contributed by atoms with van der Waals surface area (Å²) in [6.07, 6.45) is -0.258. The lowest BCUT2D eigenvalue weighted by Gasteiger charge is -2.23. The number of hydrogen-bond donors (Lipinski definition) is 1. The van der Waals surface area contributed by atoms with Crippen LogP contribution in [-0.4, -0.2) is 39.0 Å². The van der Waals surface area contributed by atoms with Gasteiger partial charge in [0.25, 0.3) is 5.56 Å². The molecule has 4 rings (SSSR count). The van der Waals surface area contributed by atoms with Crippen molar-refractivity contribution in [3.63, 3.8) is 0 Å². The number of fused-ring (bicyclic) bond motifs is 1. The summed E-state index contributed by atoms with van der Waals surface area (Å²) in [5.74, 6) is 0.0754. The molecular weight excluding hydrogens is 399 g/mol. The minimum Gasteiger partial charge on any atom is -0.404 e. The van der Waals surface area contributed by atoms with Crippen LogP contribution in [0, 0.1) is 6.92 Å². The van der Waals surface area contributed by atoms with Gasteiger partial charge in [-0.1, -0.05) is 0 Å². The molecule has 0 radical (unpaired) electrons. The lowest BCUT2D eigenvalue weighted by molar-refractivity contribution is -0.275. The molecule has 0 saturated carbocycles. The van der Waals surface area contributed by atoms with Crippen LogP contribution in [0.5, 0.6) is 5.75 Å².